The number of alkyl halides is 2. The van der Waals surface area contributed by atoms with E-state index in [4.69, 9.17) is 0 Å². The molecule has 1 aliphatic rings. The number of hydrogen-bond donors (Lipinski definition) is 0. The zero-order chi connectivity index (χ0) is 9.41. The van der Waals surface area contributed by atoms with Crippen LogP contribution in [0, 0.1) is 11.3 Å². The van der Waals surface area contributed by atoms with Gasteiger partial charge in [-0.15, -0.1) is 0 Å². The van der Waals surface area contributed by atoms with Crippen LogP contribution in [0.3, 0.4) is 0 Å². The van der Waals surface area contributed by atoms with Crippen LogP contribution in [0.1, 0.15) is 46.5 Å². The number of halogens is 2. The van der Waals surface area contributed by atoms with Crippen LogP contribution in [0.25, 0.3) is 0 Å². The third kappa shape index (κ3) is 2.43. The summed E-state index contributed by atoms with van der Waals surface area (Å²) in [6, 6.07) is 0. The number of rotatable bonds is 1. The van der Waals surface area contributed by atoms with Gasteiger partial charge in [-0.1, -0.05) is 13.8 Å². The molecule has 0 saturated heterocycles. The Morgan fingerprint density at radius 1 is 1.17 bits per heavy atom. The first-order valence-corrected chi connectivity index (χ1v) is 4.69. The molecule has 0 aromatic rings. The van der Waals surface area contributed by atoms with Crippen molar-refractivity contribution in [3.05, 3.63) is 0 Å². The van der Waals surface area contributed by atoms with Crippen molar-refractivity contribution in [1.29, 1.82) is 0 Å². The summed E-state index contributed by atoms with van der Waals surface area (Å²) in [6.45, 7) is 5.38. The molecule has 2 heteroatoms. The molecule has 1 fully saturated rings. The molecule has 0 atom stereocenters. The fourth-order valence-electron chi connectivity index (χ4n) is 1.91. The van der Waals surface area contributed by atoms with Gasteiger partial charge in [0.1, 0.15) is 0 Å². The Labute approximate surface area is 73.3 Å². The summed E-state index contributed by atoms with van der Waals surface area (Å²) in [6.07, 6.45) is 3.27. The Balaban J connectivity index is 2.47. The van der Waals surface area contributed by atoms with Gasteiger partial charge in [-0.3, -0.25) is 0 Å². The lowest BCUT2D eigenvalue weighted by Crippen LogP contribution is -2.31. The minimum atomic E-state index is -2.46. The van der Waals surface area contributed by atoms with Crippen molar-refractivity contribution < 1.29 is 8.78 Å². The van der Waals surface area contributed by atoms with Gasteiger partial charge in [-0.05, 0) is 38.0 Å². The van der Waals surface area contributed by atoms with Gasteiger partial charge in [-0.25, -0.2) is 8.78 Å². The largest absolute Gasteiger partial charge is 0.248 e. The van der Waals surface area contributed by atoms with Crippen LogP contribution in [0.4, 0.5) is 8.78 Å². The van der Waals surface area contributed by atoms with E-state index in [1.165, 1.54) is 0 Å². The van der Waals surface area contributed by atoms with E-state index in [2.05, 4.69) is 13.8 Å². The average molecular weight is 176 g/mol. The monoisotopic (exact) mass is 176 g/mol. The summed E-state index contributed by atoms with van der Waals surface area (Å²) in [5.74, 6) is -2.83. The molecular weight excluding hydrogens is 158 g/mol. The molecule has 0 amide bonds. The van der Waals surface area contributed by atoms with Crippen molar-refractivity contribution in [3.63, 3.8) is 0 Å². The lowest BCUT2D eigenvalue weighted by molar-refractivity contribution is -0.0640. The summed E-state index contributed by atoms with van der Waals surface area (Å²) in [4.78, 5) is 0. The van der Waals surface area contributed by atoms with E-state index in [9.17, 15) is 8.78 Å². The predicted octanol–water partition coefficient (Wildman–Crippen LogP) is 3.86. The summed E-state index contributed by atoms with van der Waals surface area (Å²) in [5, 5.41) is 0. The molecule has 0 bridgehead atoms. The van der Waals surface area contributed by atoms with E-state index in [-0.39, 0.29) is 5.92 Å². The van der Waals surface area contributed by atoms with Crippen molar-refractivity contribution in [2.45, 2.75) is 52.4 Å². The van der Waals surface area contributed by atoms with Gasteiger partial charge in [0.2, 0.25) is 5.92 Å². The second-order valence-corrected chi connectivity index (χ2v) is 4.89. The van der Waals surface area contributed by atoms with E-state index < -0.39 is 5.92 Å². The quantitative estimate of drug-likeness (QED) is 0.569. The SMILES string of the molecule is CC1(C)CCC(C(C)(F)F)CC1. The minimum absolute atomic E-state index is 0.293. The van der Waals surface area contributed by atoms with Gasteiger partial charge in [0.05, 0.1) is 0 Å². The lowest BCUT2D eigenvalue weighted by Gasteiger charge is -2.36. The van der Waals surface area contributed by atoms with Crippen LogP contribution < -0.4 is 0 Å². The molecular formula is C10H18F2. The molecule has 0 nitrogen and oxygen atoms in total. The fraction of sp³-hybridized carbons (Fsp3) is 1.00. The molecule has 1 aliphatic carbocycles. The highest BCUT2D eigenvalue weighted by atomic mass is 19.3. The molecule has 0 N–H and O–H groups in total. The van der Waals surface area contributed by atoms with Crippen LogP contribution in [0.2, 0.25) is 0 Å². The van der Waals surface area contributed by atoms with Crippen molar-refractivity contribution in [2.75, 3.05) is 0 Å². The topological polar surface area (TPSA) is 0 Å². The van der Waals surface area contributed by atoms with Crippen LogP contribution in [0.5, 0.6) is 0 Å². The molecule has 1 rings (SSSR count). The van der Waals surface area contributed by atoms with Crippen LogP contribution in [-0.2, 0) is 0 Å². The first kappa shape index (κ1) is 9.94. The zero-order valence-electron chi connectivity index (χ0n) is 8.16. The zero-order valence-corrected chi connectivity index (χ0v) is 8.16. The summed E-state index contributed by atoms with van der Waals surface area (Å²) >= 11 is 0. The maximum Gasteiger partial charge on any atom is 0.248 e. The Hall–Kier alpha value is -0.140. The van der Waals surface area contributed by atoms with Gasteiger partial charge in [0.25, 0.3) is 0 Å². The molecule has 0 aliphatic heterocycles. The van der Waals surface area contributed by atoms with E-state index in [1.807, 2.05) is 0 Å². The molecule has 0 heterocycles. The van der Waals surface area contributed by atoms with Crippen molar-refractivity contribution in [2.24, 2.45) is 11.3 Å². The highest BCUT2D eigenvalue weighted by molar-refractivity contribution is 4.83. The third-order valence-electron chi connectivity index (χ3n) is 3.06. The van der Waals surface area contributed by atoms with Crippen LogP contribution in [0.15, 0.2) is 0 Å². The maximum atomic E-state index is 12.9. The Morgan fingerprint density at radius 2 is 1.58 bits per heavy atom. The predicted molar refractivity (Wildman–Crippen MR) is 46.4 cm³/mol. The summed E-state index contributed by atoms with van der Waals surface area (Å²) < 4.78 is 25.7. The van der Waals surface area contributed by atoms with Crippen molar-refractivity contribution in [1.82, 2.24) is 0 Å². The van der Waals surface area contributed by atoms with Crippen LogP contribution >= 0.6 is 0 Å². The minimum Gasteiger partial charge on any atom is -0.207 e. The second kappa shape index (κ2) is 2.97. The third-order valence-corrected chi connectivity index (χ3v) is 3.06. The fourth-order valence-corrected chi connectivity index (χ4v) is 1.91. The second-order valence-electron chi connectivity index (χ2n) is 4.89. The smallest absolute Gasteiger partial charge is 0.207 e. The van der Waals surface area contributed by atoms with Gasteiger partial charge in [0, 0.05) is 5.92 Å². The van der Waals surface area contributed by atoms with Gasteiger partial charge >= 0.3 is 0 Å². The van der Waals surface area contributed by atoms with E-state index in [0.29, 0.717) is 18.3 Å². The Bertz CT molecular complexity index is 146. The van der Waals surface area contributed by atoms with Gasteiger partial charge < -0.3 is 0 Å². The Kier molecular flexibility index (Phi) is 2.46. The van der Waals surface area contributed by atoms with Gasteiger partial charge in [0.15, 0.2) is 0 Å². The van der Waals surface area contributed by atoms with Crippen molar-refractivity contribution >= 4 is 0 Å². The highest BCUT2D eigenvalue weighted by Gasteiger charge is 2.38. The molecule has 0 unspecified atom stereocenters. The van der Waals surface area contributed by atoms with E-state index in [0.717, 1.165) is 19.8 Å². The van der Waals surface area contributed by atoms with E-state index >= 15 is 0 Å². The van der Waals surface area contributed by atoms with Gasteiger partial charge in [-0.2, -0.15) is 0 Å². The van der Waals surface area contributed by atoms with E-state index in [1.54, 1.807) is 0 Å². The summed E-state index contributed by atoms with van der Waals surface area (Å²) in [5.41, 5.74) is 0.293. The molecule has 0 radical (unpaired) electrons. The molecule has 0 spiro atoms. The molecule has 0 aromatic heterocycles. The molecule has 1 saturated carbocycles. The highest BCUT2D eigenvalue weighted by Crippen LogP contribution is 2.43. The molecule has 0 aromatic carbocycles. The summed E-state index contributed by atoms with van der Waals surface area (Å²) in [7, 11) is 0. The van der Waals surface area contributed by atoms with Crippen LogP contribution in [-0.4, -0.2) is 5.92 Å². The maximum absolute atomic E-state index is 12.9. The molecule has 72 valence electrons. The molecule has 12 heavy (non-hydrogen) atoms. The standard InChI is InChI=1S/C10H18F2/c1-9(2)6-4-8(5-7-9)10(3,11)12/h8H,4-7H2,1-3H3. The average Bonchev–Trinajstić information content (AvgIpc) is 1.83. The van der Waals surface area contributed by atoms with Crippen molar-refractivity contribution in [3.8, 4) is 0 Å². The first-order chi connectivity index (χ1) is 5.31. The Morgan fingerprint density at radius 3 is 1.92 bits per heavy atom. The first-order valence-electron chi connectivity index (χ1n) is 4.69. The normalized spacial score (nSPS) is 25.8. The lowest BCUT2D eigenvalue weighted by atomic mass is 9.71. The number of hydrogen-bond acceptors (Lipinski definition) is 0.